The zero-order chi connectivity index (χ0) is 19.1. The lowest BCUT2D eigenvalue weighted by Crippen LogP contribution is -2.38. The summed E-state index contributed by atoms with van der Waals surface area (Å²) in [5.74, 6) is -0.847. The van der Waals surface area contributed by atoms with Gasteiger partial charge < -0.3 is 5.32 Å². The third kappa shape index (κ3) is 3.52. The SMILES string of the molecule is O=C1C[C@H](c2ccc(Cl)c(Cl)c2)C2=C(C[C@@H](c3ccc(F)cc3)CC2=O)N1. The van der Waals surface area contributed by atoms with Crippen molar-refractivity contribution in [1.29, 1.82) is 0 Å². The Labute approximate surface area is 166 Å². The number of hydrogen-bond acceptors (Lipinski definition) is 2. The van der Waals surface area contributed by atoms with Gasteiger partial charge in [-0.3, -0.25) is 9.59 Å². The van der Waals surface area contributed by atoms with Crippen LogP contribution in [0.3, 0.4) is 0 Å². The largest absolute Gasteiger partial charge is 0.329 e. The molecule has 0 fully saturated rings. The molecule has 2 aliphatic rings. The number of nitrogens with one attached hydrogen (secondary N) is 1. The Bertz CT molecular complexity index is 969. The summed E-state index contributed by atoms with van der Waals surface area (Å²) in [5, 5.41) is 3.70. The summed E-state index contributed by atoms with van der Waals surface area (Å²) in [6.07, 6.45) is 1.07. The van der Waals surface area contributed by atoms with Crippen LogP contribution in [-0.4, -0.2) is 11.7 Å². The predicted molar refractivity (Wildman–Crippen MR) is 102 cm³/mol. The van der Waals surface area contributed by atoms with Crippen LogP contribution in [0.15, 0.2) is 53.7 Å². The van der Waals surface area contributed by atoms with Gasteiger partial charge in [-0.15, -0.1) is 0 Å². The van der Waals surface area contributed by atoms with E-state index in [4.69, 9.17) is 23.2 Å². The van der Waals surface area contributed by atoms with Gasteiger partial charge in [-0.05, 0) is 47.7 Å². The fraction of sp³-hybridized carbons (Fsp3) is 0.238. The Morgan fingerprint density at radius 2 is 1.59 bits per heavy atom. The van der Waals surface area contributed by atoms with Gasteiger partial charge in [-0.25, -0.2) is 4.39 Å². The minimum Gasteiger partial charge on any atom is -0.329 e. The second kappa shape index (κ2) is 7.10. The van der Waals surface area contributed by atoms with Crippen LogP contribution in [0.2, 0.25) is 10.0 Å². The molecule has 3 nitrogen and oxygen atoms in total. The fourth-order valence-corrected chi connectivity index (χ4v) is 4.25. The Balaban J connectivity index is 1.71. The van der Waals surface area contributed by atoms with E-state index in [0.717, 1.165) is 11.1 Å². The number of benzene rings is 2. The highest BCUT2D eigenvalue weighted by molar-refractivity contribution is 6.42. The maximum absolute atomic E-state index is 13.2. The van der Waals surface area contributed by atoms with E-state index in [1.807, 2.05) is 0 Å². The van der Waals surface area contributed by atoms with Crippen LogP contribution in [0.1, 0.15) is 42.2 Å². The standard InChI is InChI=1S/C21H16Cl2FNO2/c22-16-6-3-12(7-17(16)23)15-10-20(27)25-18-8-13(9-19(26)21(15)18)11-1-4-14(24)5-2-11/h1-7,13,15H,8-10H2,(H,25,27)/t13-,15-/m1/s1. The summed E-state index contributed by atoms with van der Waals surface area (Å²) in [4.78, 5) is 25.3. The number of carbonyl (C=O) groups excluding carboxylic acids is 2. The Morgan fingerprint density at radius 3 is 2.30 bits per heavy atom. The molecule has 4 rings (SSSR count). The van der Waals surface area contributed by atoms with Gasteiger partial charge in [0.2, 0.25) is 5.91 Å². The summed E-state index contributed by atoms with van der Waals surface area (Å²) in [6.45, 7) is 0. The van der Waals surface area contributed by atoms with Gasteiger partial charge in [0.1, 0.15) is 5.82 Å². The molecule has 1 amide bonds. The maximum atomic E-state index is 13.2. The molecule has 0 saturated carbocycles. The lowest BCUT2D eigenvalue weighted by atomic mass is 9.73. The number of hydrogen-bond donors (Lipinski definition) is 1. The second-order valence-corrected chi connectivity index (χ2v) is 7.76. The molecule has 2 aromatic carbocycles. The average Bonchev–Trinajstić information content (AvgIpc) is 2.63. The monoisotopic (exact) mass is 403 g/mol. The first-order valence-corrected chi connectivity index (χ1v) is 9.44. The normalized spacial score (nSPS) is 22.5. The minimum absolute atomic E-state index is 0.00153. The molecule has 6 heteroatoms. The van der Waals surface area contributed by atoms with Crippen LogP contribution in [0.25, 0.3) is 0 Å². The molecule has 138 valence electrons. The van der Waals surface area contributed by atoms with E-state index in [1.54, 1.807) is 30.3 Å². The number of halogens is 3. The Kier molecular flexibility index (Phi) is 4.79. The van der Waals surface area contributed by atoms with Crippen molar-refractivity contribution in [3.63, 3.8) is 0 Å². The van der Waals surface area contributed by atoms with Gasteiger partial charge >= 0.3 is 0 Å². The molecule has 0 aromatic heterocycles. The van der Waals surface area contributed by atoms with Crippen molar-refractivity contribution in [1.82, 2.24) is 5.32 Å². The molecule has 2 atom stereocenters. The summed E-state index contributed by atoms with van der Waals surface area (Å²) < 4.78 is 13.2. The molecule has 1 aliphatic heterocycles. The van der Waals surface area contributed by atoms with Crippen LogP contribution in [0.4, 0.5) is 4.39 Å². The smallest absolute Gasteiger partial charge is 0.225 e. The van der Waals surface area contributed by atoms with Gasteiger partial charge in [0, 0.05) is 30.0 Å². The van der Waals surface area contributed by atoms with Crippen LogP contribution < -0.4 is 5.32 Å². The summed E-state index contributed by atoms with van der Waals surface area (Å²) in [5.41, 5.74) is 3.00. The van der Waals surface area contributed by atoms with E-state index in [2.05, 4.69) is 5.32 Å². The Morgan fingerprint density at radius 1 is 0.889 bits per heavy atom. The van der Waals surface area contributed by atoms with Crippen molar-refractivity contribution >= 4 is 34.9 Å². The first kappa shape index (κ1) is 18.2. The molecule has 0 spiro atoms. The number of allylic oxidation sites excluding steroid dienone is 2. The lowest BCUT2D eigenvalue weighted by Gasteiger charge is -2.34. The van der Waals surface area contributed by atoms with E-state index in [1.165, 1.54) is 12.1 Å². The van der Waals surface area contributed by atoms with Gasteiger partial charge in [-0.1, -0.05) is 41.4 Å². The van der Waals surface area contributed by atoms with Crippen molar-refractivity contribution in [2.45, 2.75) is 31.1 Å². The zero-order valence-corrected chi connectivity index (χ0v) is 15.8. The van der Waals surface area contributed by atoms with Crippen molar-refractivity contribution in [3.8, 4) is 0 Å². The molecule has 0 bridgehead atoms. The molecule has 0 radical (unpaired) electrons. The summed E-state index contributed by atoms with van der Waals surface area (Å²) >= 11 is 12.1. The first-order valence-electron chi connectivity index (χ1n) is 8.69. The van der Waals surface area contributed by atoms with Crippen molar-refractivity contribution < 1.29 is 14.0 Å². The van der Waals surface area contributed by atoms with E-state index in [0.29, 0.717) is 34.2 Å². The summed E-state index contributed by atoms with van der Waals surface area (Å²) in [7, 11) is 0. The molecule has 2 aromatic rings. The maximum Gasteiger partial charge on any atom is 0.225 e. The molecule has 0 unspecified atom stereocenters. The number of ketones is 1. The topological polar surface area (TPSA) is 46.2 Å². The molecule has 1 N–H and O–H groups in total. The minimum atomic E-state index is -0.329. The molecular formula is C21H16Cl2FNO2. The van der Waals surface area contributed by atoms with E-state index in [-0.39, 0.29) is 35.8 Å². The van der Waals surface area contributed by atoms with Crippen molar-refractivity contribution in [2.24, 2.45) is 0 Å². The molecular weight excluding hydrogens is 388 g/mol. The third-order valence-corrected chi connectivity index (χ3v) is 5.96. The summed E-state index contributed by atoms with van der Waals surface area (Å²) in [6, 6.07) is 11.4. The van der Waals surface area contributed by atoms with Gasteiger partial charge in [0.15, 0.2) is 5.78 Å². The van der Waals surface area contributed by atoms with Crippen molar-refractivity contribution in [2.75, 3.05) is 0 Å². The first-order chi connectivity index (χ1) is 12.9. The van der Waals surface area contributed by atoms with E-state index >= 15 is 0 Å². The average molecular weight is 404 g/mol. The van der Waals surface area contributed by atoms with Crippen LogP contribution in [0, 0.1) is 5.82 Å². The van der Waals surface area contributed by atoms with Crippen LogP contribution >= 0.6 is 23.2 Å². The predicted octanol–water partition coefficient (Wildman–Crippen LogP) is 5.14. The molecule has 27 heavy (non-hydrogen) atoms. The highest BCUT2D eigenvalue weighted by Crippen LogP contribution is 2.43. The zero-order valence-electron chi connectivity index (χ0n) is 14.3. The fourth-order valence-electron chi connectivity index (χ4n) is 3.94. The van der Waals surface area contributed by atoms with Gasteiger partial charge in [0.25, 0.3) is 0 Å². The Hall–Kier alpha value is -2.17. The van der Waals surface area contributed by atoms with Gasteiger partial charge in [0.05, 0.1) is 10.0 Å². The number of carbonyl (C=O) groups is 2. The second-order valence-electron chi connectivity index (χ2n) is 6.95. The van der Waals surface area contributed by atoms with Crippen molar-refractivity contribution in [3.05, 3.63) is 80.7 Å². The van der Waals surface area contributed by atoms with E-state index in [9.17, 15) is 14.0 Å². The quantitative estimate of drug-likeness (QED) is 0.754. The number of rotatable bonds is 2. The lowest BCUT2D eigenvalue weighted by molar-refractivity contribution is -0.122. The number of amides is 1. The molecule has 0 saturated heterocycles. The number of Topliss-reactive ketones (excluding diaryl/α,β-unsaturated/α-hetero) is 1. The van der Waals surface area contributed by atoms with Gasteiger partial charge in [-0.2, -0.15) is 0 Å². The highest BCUT2D eigenvalue weighted by atomic mass is 35.5. The molecule has 1 aliphatic carbocycles. The van der Waals surface area contributed by atoms with Crippen LogP contribution in [0.5, 0.6) is 0 Å². The molecule has 1 heterocycles. The highest BCUT2D eigenvalue weighted by Gasteiger charge is 2.38. The third-order valence-electron chi connectivity index (χ3n) is 5.22. The van der Waals surface area contributed by atoms with Crippen LogP contribution in [-0.2, 0) is 9.59 Å². The van der Waals surface area contributed by atoms with E-state index < -0.39 is 0 Å².